The molecule has 5 heteroatoms. The monoisotopic (exact) mass is 306 g/mol. The summed E-state index contributed by atoms with van der Waals surface area (Å²) in [4.78, 5) is 14.3. The summed E-state index contributed by atoms with van der Waals surface area (Å²) in [5.74, 6) is 0.153. The zero-order valence-corrected chi connectivity index (χ0v) is 12.9. The highest BCUT2D eigenvalue weighted by Crippen LogP contribution is 2.33. The quantitative estimate of drug-likeness (QED) is 0.926. The number of carbonyl (C=O) groups is 1. The molecule has 2 fully saturated rings. The lowest BCUT2D eigenvalue weighted by atomic mass is 9.79. The topological polar surface area (TPSA) is 41.6 Å². The van der Waals surface area contributed by atoms with Crippen LogP contribution in [0.1, 0.15) is 18.4 Å². The first kappa shape index (κ1) is 15.4. The Labute approximate surface area is 130 Å². The molecule has 0 radical (unpaired) electrons. The van der Waals surface area contributed by atoms with Crippen LogP contribution in [0.5, 0.6) is 0 Å². The maximum Gasteiger partial charge on any atom is 0.223 e. The lowest BCUT2D eigenvalue weighted by molar-refractivity contribution is -0.141. The number of fused-ring (bicyclic) bond motifs is 1. The van der Waals surface area contributed by atoms with Crippen molar-refractivity contribution in [2.24, 2.45) is 11.8 Å². The first-order valence-corrected chi connectivity index (χ1v) is 7.98. The number of piperidine rings is 1. The van der Waals surface area contributed by atoms with Crippen LogP contribution in [0.25, 0.3) is 0 Å². The van der Waals surface area contributed by atoms with Gasteiger partial charge in [-0.05, 0) is 18.9 Å². The molecule has 2 heterocycles. The van der Waals surface area contributed by atoms with Gasteiger partial charge in [0.05, 0.1) is 6.10 Å². The zero-order valence-electron chi connectivity index (χ0n) is 12.9. The van der Waals surface area contributed by atoms with E-state index in [2.05, 4.69) is 10.2 Å². The number of nitrogens with one attached hydrogen (secondary N) is 1. The Bertz CT molecular complexity index is 537. The molecule has 0 aromatic heterocycles. The minimum absolute atomic E-state index is 0.00664. The molecule has 3 atom stereocenters. The van der Waals surface area contributed by atoms with Crippen molar-refractivity contribution in [2.45, 2.75) is 25.5 Å². The number of rotatable bonds is 3. The number of halogens is 1. The minimum atomic E-state index is -0.160. The SMILES string of the molecule is CNC(=O)[C@@H]1CCO[C@@H]2CCN(Cc3ccccc3F)C[C@@H]21. The van der Waals surface area contributed by atoms with Gasteiger partial charge in [0, 0.05) is 50.7 Å². The van der Waals surface area contributed by atoms with E-state index in [0.29, 0.717) is 18.7 Å². The maximum absolute atomic E-state index is 13.8. The number of amides is 1. The van der Waals surface area contributed by atoms with Gasteiger partial charge in [0.15, 0.2) is 0 Å². The lowest BCUT2D eigenvalue weighted by Gasteiger charge is -2.44. The van der Waals surface area contributed by atoms with E-state index < -0.39 is 0 Å². The van der Waals surface area contributed by atoms with Crippen LogP contribution in [0.15, 0.2) is 24.3 Å². The summed E-state index contributed by atoms with van der Waals surface area (Å²) < 4.78 is 19.7. The Morgan fingerprint density at radius 1 is 1.41 bits per heavy atom. The van der Waals surface area contributed by atoms with Crippen molar-refractivity contribution in [3.63, 3.8) is 0 Å². The number of ether oxygens (including phenoxy) is 1. The van der Waals surface area contributed by atoms with Gasteiger partial charge in [-0.15, -0.1) is 0 Å². The molecule has 1 amide bonds. The van der Waals surface area contributed by atoms with Crippen molar-refractivity contribution in [3.05, 3.63) is 35.6 Å². The maximum atomic E-state index is 13.8. The van der Waals surface area contributed by atoms with Gasteiger partial charge >= 0.3 is 0 Å². The molecule has 22 heavy (non-hydrogen) atoms. The number of nitrogens with zero attached hydrogens (tertiary/aromatic N) is 1. The molecule has 4 nitrogen and oxygen atoms in total. The summed E-state index contributed by atoms with van der Waals surface area (Å²) in [7, 11) is 1.69. The molecule has 3 rings (SSSR count). The Kier molecular flexibility index (Phi) is 4.74. The molecular formula is C17H23FN2O2. The number of benzene rings is 1. The van der Waals surface area contributed by atoms with Gasteiger partial charge < -0.3 is 10.1 Å². The second-order valence-electron chi connectivity index (χ2n) is 6.20. The summed E-state index contributed by atoms with van der Waals surface area (Å²) in [5, 5.41) is 2.77. The smallest absolute Gasteiger partial charge is 0.223 e. The van der Waals surface area contributed by atoms with Gasteiger partial charge in [0.25, 0.3) is 0 Å². The molecule has 1 N–H and O–H groups in total. The fourth-order valence-electron chi connectivity index (χ4n) is 3.71. The van der Waals surface area contributed by atoms with Gasteiger partial charge in [-0.3, -0.25) is 9.69 Å². The molecule has 1 aromatic carbocycles. The molecule has 2 aliphatic heterocycles. The highest BCUT2D eigenvalue weighted by Gasteiger charge is 2.41. The average molecular weight is 306 g/mol. The largest absolute Gasteiger partial charge is 0.378 e. The molecule has 1 aromatic rings. The Morgan fingerprint density at radius 2 is 2.23 bits per heavy atom. The molecule has 2 aliphatic rings. The van der Waals surface area contributed by atoms with Crippen LogP contribution in [-0.2, 0) is 16.1 Å². The van der Waals surface area contributed by atoms with Crippen LogP contribution in [0.2, 0.25) is 0 Å². The van der Waals surface area contributed by atoms with E-state index in [1.807, 2.05) is 12.1 Å². The Hall–Kier alpha value is -1.46. The van der Waals surface area contributed by atoms with Crippen molar-refractivity contribution in [3.8, 4) is 0 Å². The highest BCUT2D eigenvalue weighted by atomic mass is 19.1. The number of hydrogen-bond donors (Lipinski definition) is 1. The van der Waals surface area contributed by atoms with Crippen LogP contribution in [-0.4, -0.2) is 43.7 Å². The Morgan fingerprint density at radius 3 is 3.00 bits per heavy atom. The fraction of sp³-hybridized carbons (Fsp3) is 0.588. The molecule has 120 valence electrons. The van der Waals surface area contributed by atoms with Crippen LogP contribution in [0, 0.1) is 17.7 Å². The summed E-state index contributed by atoms with van der Waals surface area (Å²) in [5.41, 5.74) is 0.717. The summed E-state index contributed by atoms with van der Waals surface area (Å²) in [6.45, 7) is 2.93. The summed E-state index contributed by atoms with van der Waals surface area (Å²) in [6.07, 6.45) is 1.84. The third-order valence-electron chi connectivity index (χ3n) is 4.89. The van der Waals surface area contributed by atoms with E-state index in [-0.39, 0.29) is 29.7 Å². The van der Waals surface area contributed by atoms with Gasteiger partial charge in [0.2, 0.25) is 5.91 Å². The van der Waals surface area contributed by atoms with Crippen molar-refractivity contribution in [1.29, 1.82) is 0 Å². The number of hydrogen-bond acceptors (Lipinski definition) is 3. The molecular weight excluding hydrogens is 283 g/mol. The van der Waals surface area contributed by atoms with E-state index in [4.69, 9.17) is 4.74 Å². The van der Waals surface area contributed by atoms with Crippen molar-refractivity contribution >= 4 is 5.91 Å². The van der Waals surface area contributed by atoms with Crippen LogP contribution in [0.4, 0.5) is 4.39 Å². The molecule has 0 aliphatic carbocycles. The predicted octanol–water partition coefficient (Wildman–Crippen LogP) is 1.80. The lowest BCUT2D eigenvalue weighted by Crippen LogP contribution is -2.52. The second-order valence-corrected chi connectivity index (χ2v) is 6.20. The summed E-state index contributed by atoms with van der Waals surface area (Å²) >= 11 is 0. The summed E-state index contributed by atoms with van der Waals surface area (Å²) in [6, 6.07) is 6.90. The number of likely N-dealkylation sites (tertiary alicyclic amines) is 1. The van der Waals surface area contributed by atoms with Gasteiger partial charge in [-0.25, -0.2) is 4.39 Å². The zero-order chi connectivity index (χ0) is 15.5. The van der Waals surface area contributed by atoms with Crippen LogP contribution >= 0.6 is 0 Å². The molecule has 0 saturated carbocycles. The highest BCUT2D eigenvalue weighted by molar-refractivity contribution is 5.78. The first-order valence-electron chi connectivity index (χ1n) is 7.98. The minimum Gasteiger partial charge on any atom is -0.378 e. The number of carbonyl (C=O) groups excluding carboxylic acids is 1. The van der Waals surface area contributed by atoms with Crippen molar-refractivity contribution in [2.75, 3.05) is 26.7 Å². The van der Waals surface area contributed by atoms with E-state index in [1.54, 1.807) is 13.1 Å². The molecule has 0 bridgehead atoms. The van der Waals surface area contributed by atoms with Crippen molar-refractivity contribution < 1.29 is 13.9 Å². The average Bonchev–Trinajstić information content (AvgIpc) is 2.55. The van der Waals surface area contributed by atoms with Gasteiger partial charge in [0.1, 0.15) is 5.82 Å². The van der Waals surface area contributed by atoms with Crippen LogP contribution < -0.4 is 5.32 Å². The second kappa shape index (κ2) is 6.75. The third kappa shape index (κ3) is 3.15. The standard InChI is InChI=1S/C17H23FN2O2/c1-19-17(21)13-7-9-22-16-6-8-20(11-14(13)16)10-12-4-2-3-5-15(12)18/h2-5,13-14,16H,6-11H2,1H3,(H,19,21)/t13-,14-,16-/m1/s1. The molecule has 0 spiro atoms. The van der Waals surface area contributed by atoms with Crippen molar-refractivity contribution in [1.82, 2.24) is 10.2 Å². The normalized spacial score (nSPS) is 28.9. The van der Waals surface area contributed by atoms with E-state index in [0.717, 1.165) is 25.9 Å². The molecule has 0 unspecified atom stereocenters. The van der Waals surface area contributed by atoms with Crippen LogP contribution in [0.3, 0.4) is 0 Å². The van der Waals surface area contributed by atoms with E-state index >= 15 is 0 Å². The Balaban J connectivity index is 1.69. The fourth-order valence-corrected chi connectivity index (χ4v) is 3.71. The predicted molar refractivity (Wildman–Crippen MR) is 81.7 cm³/mol. The van der Waals surface area contributed by atoms with E-state index in [1.165, 1.54) is 6.07 Å². The first-order chi connectivity index (χ1) is 10.7. The van der Waals surface area contributed by atoms with Gasteiger partial charge in [-0.1, -0.05) is 18.2 Å². The van der Waals surface area contributed by atoms with E-state index in [9.17, 15) is 9.18 Å². The molecule has 2 saturated heterocycles. The third-order valence-corrected chi connectivity index (χ3v) is 4.89. The van der Waals surface area contributed by atoms with Gasteiger partial charge in [-0.2, -0.15) is 0 Å².